The molecule has 2 heterocycles. The van der Waals surface area contributed by atoms with Gasteiger partial charge in [0.05, 0.1) is 31.7 Å². The zero-order valence-corrected chi connectivity index (χ0v) is 11.5. The van der Waals surface area contributed by atoms with Gasteiger partial charge in [-0.3, -0.25) is 9.89 Å². The summed E-state index contributed by atoms with van der Waals surface area (Å²) in [4.78, 5) is 25.6. The second-order valence-corrected chi connectivity index (χ2v) is 4.43. The van der Waals surface area contributed by atoms with Crippen molar-refractivity contribution in [2.24, 2.45) is 0 Å². The molecule has 0 spiro atoms. The second kappa shape index (κ2) is 5.91. The number of nitrogens with one attached hydrogen (secondary N) is 1. The van der Waals surface area contributed by atoms with E-state index in [9.17, 15) is 9.59 Å². The van der Waals surface area contributed by atoms with Crippen molar-refractivity contribution in [2.75, 3.05) is 32.6 Å². The Kier molecular flexibility index (Phi) is 4.23. The Morgan fingerprint density at radius 3 is 2.95 bits per heavy atom. The van der Waals surface area contributed by atoms with Gasteiger partial charge in [-0.1, -0.05) is 6.92 Å². The van der Waals surface area contributed by atoms with Crippen molar-refractivity contribution >= 4 is 17.6 Å². The predicted octanol–water partition coefficient (Wildman–Crippen LogP) is -0.432. The van der Waals surface area contributed by atoms with Crippen LogP contribution in [0.1, 0.15) is 23.1 Å². The van der Waals surface area contributed by atoms with Crippen LogP contribution in [-0.4, -0.2) is 59.9 Å². The zero-order chi connectivity index (χ0) is 14.7. The average molecular weight is 282 g/mol. The van der Waals surface area contributed by atoms with E-state index in [1.165, 1.54) is 12.0 Å². The average Bonchev–Trinajstić information content (AvgIpc) is 2.86. The van der Waals surface area contributed by atoms with Crippen LogP contribution in [0.25, 0.3) is 0 Å². The van der Waals surface area contributed by atoms with E-state index >= 15 is 0 Å². The normalized spacial score (nSPS) is 18.9. The van der Waals surface area contributed by atoms with E-state index < -0.39 is 17.9 Å². The molecule has 0 bridgehead atoms. The Morgan fingerprint density at radius 2 is 2.35 bits per heavy atom. The molecule has 1 amide bonds. The van der Waals surface area contributed by atoms with Crippen molar-refractivity contribution in [1.82, 2.24) is 15.1 Å². The molecule has 1 aromatic heterocycles. The maximum absolute atomic E-state index is 12.5. The van der Waals surface area contributed by atoms with E-state index in [0.29, 0.717) is 31.0 Å². The second-order valence-electron chi connectivity index (χ2n) is 4.43. The van der Waals surface area contributed by atoms with Gasteiger partial charge < -0.3 is 20.1 Å². The third kappa shape index (κ3) is 2.46. The largest absolute Gasteiger partial charge is 0.467 e. The summed E-state index contributed by atoms with van der Waals surface area (Å²) in [6, 6.07) is -0.762. The molecule has 2 rings (SSSR count). The number of methoxy groups -OCH3 is 1. The number of hydrogen-bond acceptors (Lipinski definition) is 6. The van der Waals surface area contributed by atoms with Crippen LogP contribution in [0.5, 0.6) is 0 Å². The van der Waals surface area contributed by atoms with Gasteiger partial charge in [0, 0.05) is 6.54 Å². The number of carbonyl (C=O) groups excluding carboxylic acids is 2. The molecule has 0 aromatic carbocycles. The molecule has 1 saturated heterocycles. The van der Waals surface area contributed by atoms with Crippen LogP contribution in [0, 0.1) is 0 Å². The van der Waals surface area contributed by atoms with Gasteiger partial charge in [-0.25, -0.2) is 4.79 Å². The SMILES string of the molecule is CCc1[nH]nc(C(=O)N2CCOCC2C(=O)OC)c1N. The maximum Gasteiger partial charge on any atom is 0.331 e. The van der Waals surface area contributed by atoms with E-state index in [-0.39, 0.29) is 12.3 Å². The van der Waals surface area contributed by atoms with Crippen LogP contribution < -0.4 is 5.73 Å². The number of nitrogen functional groups attached to an aromatic ring is 1. The van der Waals surface area contributed by atoms with Gasteiger partial charge in [0.1, 0.15) is 0 Å². The fourth-order valence-electron chi connectivity index (χ4n) is 2.13. The van der Waals surface area contributed by atoms with Gasteiger partial charge >= 0.3 is 5.97 Å². The van der Waals surface area contributed by atoms with Crippen LogP contribution in [0.15, 0.2) is 0 Å². The summed E-state index contributed by atoms with van der Waals surface area (Å²) >= 11 is 0. The van der Waals surface area contributed by atoms with Gasteiger partial charge in [0.15, 0.2) is 11.7 Å². The first-order valence-corrected chi connectivity index (χ1v) is 6.39. The van der Waals surface area contributed by atoms with Crippen LogP contribution in [0.4, 0.5) is 5.69 Å². The van der Waals surface area contributed by atoms with E-state index in [1.807, 2.05) is 6.92 Å². The molecule has 20 heavy (non-hydrogen) atoms. The molecule has 1 fully saturated rings. The number of H-pyrrole nitrogens is 1. The number of amides is 1. The molecule has 0 saturated carbocycles. The molecular formula is C12H18N4O4. The van der Waals surface area contributed by atoms with Gasteiger partial charge in [0.2, 0.25) is 0 Å². The summed E-state index contributed by atoms with van der Waals surface area (Å²) in [6.07, 6.45) is 0.648. The van der Waals surface area contributed by atoms with E-state index in [2.05, 4.69) is 10.2 Å². The summed E-state index contributed by atoms with van der Waals surface area (Å²) in [5.74, 6) is -0.903. The van der Waals surface area contributed by atoms with E-state index in [1.54, 1.807) is 0 Å². The lowest BCUT2D eigenvalue weighted by Gasteiger charge is -2.33. The fourth-order valence-corrected chi connectivity index (χ4v) is 2.13. The molecule has 0 aliphatic carbocycles. The number of anilines is 1. The molecular weight excluding hydrogens is 264 g/mol. The summed E-state index contributed by atoms with van der Waals surface area (Å²) in [6.45, 7) is 2.68. The third-order valence-corrected chi connectivity index (χ3v) is 3.30. The number of morpholine rings is 1. The highest BCUT2D eigenvalue weighted by atomic mass is 16.5. The quantitative estimate of drug-likeness (QED) is 0.728. The van der Waals surface area contributed by atoms with Crippen LogP contribution >= 0.6 is 0 Å². The molecule has 1 aliphatic rings. The smallest absolute Gasteiger partial charge is 0.331 e. The highest BCUT2D eigenvalue weighted by Gasteiger charge is 2.36. The number of esters is 1. The van der Waals surface area contributed by atoms with Crippen LogP contribution in [0.3, 0.4) is 0 Å². The van der Waals surface area contributed by atoms with Crippen molar-refractivity contribution in [1.29, 1.82) is 0 Å². The van der Waals surface area contributed by atoms with Crippen molar-refractivity contribution in [3.8, 4) is 0 Å². The number of aromatic amines is 1. The Bertz CT molecular complexity index is 514. The lowest BCUT2D eigenvalue weighted by Crippen LogP contribution is -2.53. The summed E-state index contributed by atoms with van der Waals surface area (Å²) in [5.41, 5.74) is 7.05. The van der Waals surface area contributed by atoms with Crippen LogP contribution in [0.2, 0.25) is 0 Å². The topological polar surface area (TPSA) is 111 Å². The summed E-state index contributed by atoms with van der Waals surface area (Å²) in [7, 11) is 1.28. The van der Waals surface area contributed by atoms with E-state index in [4.69, 9.17) is 15.2 Å². The first-order chi connectivity index (χ1) is 9.60. The number of ether oxygens (including phenoxy) is 2. The minimum Gasteiger partial charge on any atom is -0.467 e. The predicted molar refractivity (Wildman–Crippen MR) is 70.0 cm³/mol. The molecule has 1 aromatic rings. The molecule has 0 radical (unpaired) electrons. The molecule has 3 N–H and O–H groups in total. The van der Waals surface area contributed by atoms with Gasteiger partial charge in [0.25, 0.3) is 5.91 Å². The van der Waals surface area contributed by atoms with E-state index in [0.717, 1.165) is 0 Å². The molecule has 1 unspecified atom stereocenters. The van der Waals surface area contributed by atoms with Gasteiger partial charge in [-0.05, 0) is 6.42 Å². The Hall–Kier alpha value is -2.09. The standard InChI is InChI=1S/C12H18N4O4/c1-3-7-9(13)10(15-14-7)11(17)16-4-5-20-6-8(16)12(18)19-2/h8H,3-6,13H2,1-2H3,(H,14,15). The lowest BCUT2D eigenvalue weighted by molar-refractivity contribution is -0.151. The Morgan fingerprint density at radius 1 is 1.60 bits per heavy atom. The monoisotopic (exact) mass is 282 g/mol. The number of nitrogens with zero attached hydrogens (tertiary/aromatic N) is 2. The molecule has 1 aliphatic heterocycles. The molecule has 8 heteroatoms. The zero-order valence-electron chi connectivity index (χ0n) is 11.5. The molecule has 110 valence electrons. The van der Waals surface area contributed by atoms with Crippen molar-refractivity contribution in [3.63, 3.8) is 0 Å². The lowest BCUT2D eigenvalue weighted by atomic mass is 10.2. The summed E-state index contributed by atoms with van der Waals surface area (Å²) < 4.78 is 9.91. The molecule has 8 nitrogen and oxygen atoms in total. The minimum absolute atomic E-state index is 0.114. The van der Waals surface area contributed by atoms with Crippen molar-refractivity contribution in [3.05, 3.63) is 11.4 Å². The Balaban J connectivity index is 2.25. The minimum atomic E-state index is -0.762. The number of carbonyl (C=O) groups is 2. The number of rotatable bonds is 3. The maximum atomic E-state index is 12.5. The first kappa shape index (κ1) is 14.3. The highest BCUT2D eigenvalue weighted by molar-refractivity contribution is 5.99. The highest BCUT2D eigenvalue weighted by Crippen LogP contribution is 2.19. The van der Waals surface area contributed by atoms with Crippen molar-refractivity contribution in [2.45, 2.75) is 19.4 Å². The van der Waals surface area contributed by atoms with Crippen LogP contribution in [-0.2, 0) is 20.7 Å². The number of aryl methyl sites for hydroxylation is 1. The fraction of sp³-hybridized carbons (Fsp3) is 0.583. The van der Waals surface area contributed by atoms with Crippen molar-refractivity contribution < 1.29 is 19.1 Å². The number of hydrogen-bond donors (Lipinski definition) is 2. The molecule has 1 atom stereocenters. The third-order valence-electron chi connectivity index (χ3n) is 3.30. The Labute approximate surface area is 116 Å². The number of aromatic nitrogens is 2. The summed E-state index contributed by atoms with van der Waals surface area (Å²) in [5, 5.41) is 6.68. The number of nitrogens with two attached hydrogens (primary N) is 1. The first-order valence-electron chi connectivity index (χ1n) is 6.39. The van der Waals surface area contributed by atoms with Gasteiger partial charge in [-0.2, -0.15) is 5.10 Å². The van der Waals surface area contributed by atoms with Gasteiger partial charge in [-0.15, -0.1) is 0 Å².